The summed E-state index contributed by atoms with van der Waals surface area (Å²) in [5, 5.41) is 0.878. The topological polar surface area (TPSA) is 9.23 Å². The lowest BCUT2D eigenvalue weighted by molar-refractivity contribution is 0.283. The summed E-state index contributed by atoms with van der Waals surface area (Å²) in [5.74, 6) is 0. The van der Waals surface area contributed by atoms with Gasteiger partial charge in [0.15, 0.2) is 0 Å². The Morgan fingerprint density at radius 1 is 1.75 bits per heavy atom. The summed E-state index contributed by atoms with van der Waals surface area (Å²) in [6.45, 7) is 0.719. The van der Waals surface area contributed by atoms with Crippen molar-refractivity contribution in [3.05, 3.63) is 24.0 Å². The van der Waals surface area contributed by atoms with Gasteiger partial charge in [0.25, 0.3) is 0 Å². The molecule has 44 valence electrons. The summed E-state index contributed by atoms with van der Waals surface area (Å²) >= 11 is 3.31. The number of halogens is 1. The fourth-order valence-electron chi connectivity index (χ4n) is 0.526. The second-order valence-electron chi connectivity index (χ2n) is 1.56. The first-order valence-corrected chi connectivity index (χ1v) is 3.59. The third-order valence-corrected chi connectivity index (χ3v) is 1.56. The van der Waals surface area contributed by atoms with Crippen LogP contribution in [0.1, 0.15) is 0 Å². The van der Waals surface area contributed by atoms with E-state index in [0.717, 1.165) is 11.9 Å². The van der Waals surface area contributed by atoms with Crippen molar-refractivity contribution in [2.24, 2.45) is 0 Å². The molecule has 0 unspecified atom stereocenters. The van der Waals surface area contributed by atoms with E-state index in [4.69, 9.17) is 4.74 Å². The highest BCUT2D eigenvalue weighted by molar-refractivity contribution is 9.09. The normalized spacial score (nSPS) is 17.4. The first-order valence-electron chi connectivity index (χ1n) is 2.46. The zero-order valence-corrected chi connectivity index (χ0v) is 6.02. The van der Waals surface area contributed by atoms with Gasteiger partial charge in [-0.05, 0) is 11.6 Å². The standard InChI is InChI=1S/C6H7BrO/c7-4-6-2-1-3-8-5-6/h1-2,5H,3-4H2. The zero-order valence-electron chi connectivity index (χ0n) is 4.43. The number of allylic oxidation sites excluding steroid dienone is 2. The molecule has 8 heavy (non-hydrogen) atoms. The van der Waals surface area contributed by atoms with Crippen LogP contribution >= 0.6 is 15.9 Å². The second kappa shape index (κ2) is 2.92. The van der Waals surface area contributed by atoms with Crippen LogP contribution < -0.4 is 0 Å². The van der Waals surface area contributed by atoms with E-state index in [9.17, 15) is 0 Å². The summed E-state index contributed by atoms with van der Waals surface area (Å²) in [6.07, 6.45) is 5.82. The van der Waals surface area contributed by atoms with Crippen LogP contribution in [0.2, 0.25) is 0 Å². The third-order valence-electron chi connectivity index (χ3n) is 0.913. The average molecular weight is 175 g/mol. The van der Waals surface area contributed by atoms with Crippen molar-refractivity contribution >= 4 is 15.9 Å². The highest BCUT2D eigenvalue weighted by atomic mass is 79.9. The molecule has 2 heteroatoms. The first kappa shape index (κ1) is 5.89. The van der Waals surface area contributed by atoms with Crippen LogP contribution in [-0.4, -0.2) is 11.9 Å². The predicted molar refractivity (Wildman–Crippen MR) is 37.0 cm³/mol. The maximum Gasteiger partial charge on any atom is 0.106 e. The Morgan fingerprint density at radius 3 is 3.00 bits per heavy atom. The van der Waals surface area contributed by atoms with E-state index in [0.29, 0.717) is 0 Å². The van der Waals surface area contributed by atoms with Crippen molar-refractivity contribution in [1.82, 2.24) is 0 Å². The van der Waals surface area contributed by atoms with Gasteiger partial charge in [0.05, 0.1) is 6.26 Å². The Labute approximate surface area is 57.2 Å². The molecular formula is C6H7BrO. The van der Waals surface area contributed by atoms with Crippen LogP contribution in [0, 0.1) is 0 Å². The van der Waals surface area contributed by atoms with Gasteiger partial charge in [-0.3, -0.25) is 0 Å². The van der Waals surface area contributed by atoms with E-state index in [2.05, 4.69) is 22.0 Å². The van der Waals surface area contributed by atoms with E-state index in [1.54, 1.807) is 6.26 Å². The molecule has 0 aromatic heterocycles. The Balaban J connectivity index is 2.51. The van der Waals surface area contributed by atoms with Gasteiger partial charge >= 0.3 is 0 Å². The molecule has 1 heterocycles. The highest BCUT2D eigenvalue weighted by Crippen LogP contribution is 2.05. The molecule has 1 aliphatic heterocycles. The van der Waals surface area contributed by atoms with Crippen LogP contribution in [0.15, 0.2) is 24.0 Å². The van der Waals surface area contributed by atoms with Crippen molar-refractivity contribution in [3.8, 4) is 0 Å². The number of ether oxygens (including phenoxy) is 1. The lowest BCUT2D eigenvalue weighted by Gasteiger charge is -2.03. The van der Waals surface area contributed by atoms with Gasteiger partial charge in [0.1, 0.15) is 6.61 Å². The number of rotatable bonds is 1. The molecule has 0 saturated heterocycles. The molecule has 1 aliphatic rings. The Morgan fingerprint density at radius 2 is 2.62 bits per heavy atom. The van der Waals surface area contributed by atoms with Crippen molar-refractivity contribution in [3.63, 3.8) is 0 Å². The van der Waals surface area contributed by atoms with Gasteiger partial charge in [0, 0.05) is 5.33 Å². The number of alkyl halides is 1. The monoisotopic (exact) mass is 174 g/mol. The minimum absolute atomic E-state index is 0.719. The number of hydrogen-bond acceptors (Lipinski definition) is 1. The van der Waals surface area contributed by atoms with Crippen LogP contribution in [0.5, 0.6) is 0 Å². The zero-order chi connectivity index (χ0) is 5.82. The Kier molecular flexibility index (Phi) is 2.15. The summed E-state index contributed by atoms with van der Waals surface area (Å²) in [4.78, 5) is 0. The van der Waals surface area contributed by atoms with Gasteiger partial charge in [0.2, 0.25) is 0 Å². The van der Waals surface area contributed by atoms with Crippen LogP contribution in [-0.2, 0) is 4.74 Å². The second-order valence-corrected chi connectivity index (χ2v) is 2.12. The molecule has 0 fully saturated rings. The smallest absolute Gasteiger partial charge is 0.106 e. The maximum atomic E-state index is 4.99. The molecule has 0 N–H and O–H groups in total. The van der Waals surface area contributed by atoms with Crippen molar-refractivity contribution < 1.29 is 4.74 Å². The summed E-state index contributed by atoms with van der Waals surface area (Å²) in [6, 6.07) is 0. The minimum atomic E-state index is 0.719. The summed E-state index contributed by atoms with van der Waals surface area (Å²) in [7, 11) is 0. The molecule has 0 radical (unpaired) electrons. The lowest BCUT2D eigenvalue weighted by Crippen LogP contribution is -1.91. The fraction of sp³-hybridized carbons (Fsp3) is 0.333. The van der Waals surface area contributed by atoms with Crippen LogP contribution in [0.4, 0.5) is 0 Å². The maximum absolute atomic E-state index is 4.99. The van der Waals surface area contributed by atoms with E-state index in [1.165, 1.54) is 5.57 Å². The van der Waals surface area contributed by atoms with E-state index in [1.807, 2.05) is 6.08 Å². The van der Waals surface area contributed by atoms with E-state index < -0.39 is 0 Å². The summed E-state index contributed by atoms with van der Waals surface area (Å²) < 4.78 is 4.99. The molecule has 0 spiro atoms. The molecular weight excluding hydrogens is 168 g/mol. The SMILES string of the molecule is BrCC1=COCC=C1. The van der Waals surface area contributed by atoms with Gasteiger partial charge in [-0.1, -0.05) is 22.0 Å². The average Bonchev–Trinajstić information content (AvgIpc) is 1.90. The Hall–Kier alpha value is -0.240. The van der Waals surface area contributed by atoms with E-state index >= 15 is 0 Å². The number of hydrogen-bond donors (Lipinski definition) is 0. The van der Waals surface area contributed by atoms with Crippen molar-refractivity contribution in [2.75, 3.05) is 11.9 Å². The largest absolute Gasteiger partial charge is 0.497 e. The van der Waals surface area contributed by atoms with Crippen LogP contribution in [0.3, 0.4) is 0 Å². The van der Waals surface area contributed by atoms with E-state index in [-0.39, 0.29) is 0 Å². The van der Waals surface area contributed by atoms with Gasteiger partial charge < -0.3 is 4.74 Å². The van der Waals surface area contributed by atoms with Gasteiger partial charge in [-0.15, -0.1) is 0 Å². The highest BCUT2D eigenvalue weighted by Gasteiger charge is 1.92. The molecule has 0 aromatic rings. The molecule has 0 aromatic carbocycles. The molecule has 0 atom stereocenters. The van der Waals surface area contributed by atoms with Gasteiger partial charge in [-0.25, -0.2) is 0 Å². The first-order chi connectivity index (χ1) is 3.93. The summed E-state index contributed by atoms with van der Waals surface area (Å²) in [5.41, 5.74) is 1.19. The molecule has 0 bridgehead atoms. The molecule has 1 rings (SSSR count). The quantitative estimate of drug-likeness (QED) is 0.552. The van der Waals surface area contributed by atoms with Gasteiger partial charge in [-0.2, -0.15) is 0 Å². The van der Waals surface area contributed by atoms with Crippen molar-refractivity contribution in [1.29, 1.82) is 0 Å². The minimum Gasteiger partial charge on any atom is -0.497 e. The molecule has 0 amide bonds. The predicted octanol–water partition coefficient (Wildman–Crippen LogP) is 1.85. The lowest BCUT2D eigenvalue weighted by atomic mass is 10.3. The Bertz CT molecular complexity index is 126. The van der Waals surface area contributed by atoms with Crippen molar-refractivity contribution in [2.45, 2.75) is 0 Å². The molecule has 0 aliphatic carbocycles. The fourth-order valence-corrected chi connectivity index (χ4v) is 0.845. The molecule has 0 saturated carbocycles. The molecule has 1 nitrogen and oxygen atoms in total. The third kappa shape index (κ3) is 1.37. The van der Waals surface area contributed by atoms with Crippen LogP contribution in [0.25, 0.3) is 0 Å².